The Balaban J connectivity index is 1.63. The molecular weight excluding hydrogens is 410 g/mol. The van der Waals surface area contributed by atoms with Crippen molar-refractivity contribution in [1.29, 1.82) is 0 Å². The Kier molecular flexibility index (Phi) is 7.40. The molecule has 1 unspecified atom stereocenters. The van der Waals surface area contributed by atoms with Crippen molar-refractivity contribution in [3.8, 4) is 16.9 Å². The van der Waals surface area contributed by atoms with Crippen LogP contribution in [0.3, 0.4) is 0 Å². The fraction of sp³-hybridized carbons (Fsp3) is 0.357. The molecule has 0 spiro atoms. The van der Waals surface area contributed by atoms with Crippen LogP contribution in [0.5, 0.6) is 5.75 Å². The zero-order chi connectivity index (χ0) is 23.1. The van der Waals surface area contributed by atoms with Crippen molar-refractivity contribution in [3.05, 3.63) is 84.2 Å². The van der Waals surface area contributed by atoms with Crippen LogP contribution in [0.2, 0.25) is 0 Å². The lowest BCUT2D eigenvalue weighted by Crippen LogP contribution is -2.53. The summed E-state index contributed by atoms with van der Waals surface area (Å²) in [6.07, 6.45) is 6.27. The second-order valence-electron chi connectivity index (χ2n) is 8.88. The maximum Gasteiger partial charge on any atom is 0.227 e. The van der Waals surface area contributed by atoms with Gasteiger partial charge in [0, 0.05) is 37.6 Å². The lowest BCUT2D eigenvalue weighted by molar-refractivity contribution is -0.134. The van der Waals surface area contributed by atoms with Crippen LogP contribution in [-0.2, 0) is 17.8 Å². The summed E-state index contributed by atoms with van der Waals surface area (Å²) in [4.78, 5) is 20.2. The molecule has 0 saturated carbocycles. The summed E-state index contributed by atoms with van der Waals surface area (Å²) in [6.45, 7) is 5.16. The van der Waals surface area contributed by atoms with E-state index in [0.717, 1.165) is 49.4 Å². The molecule has 0 aliphatic carbocycles. The standard InChI is InChI=1S/C28H33N3O2/c1-3-30-27(32)28(18-23-10-4-5-13-26(23)24-11-7-15-29-19-24)14-8-16-31(21-28)20-22-9-6-12-25(17-22)33-2/h4-7,9-13,15,17,19H,3,8,14,16,18,20-21H2,1-2H3,(H,30,32). The van der Waals surface area contributed by atoms with Crippen LogP contribution >= 0.6 is 0 Å². The van der Waals surface area contributed by atoms with E-state index in [1.807, 2.05) is 31.3 Å². The fourth-order valence-electron chi connectivity index (χ4n) is 4.99. The van der Waals surface area contributed by atoms with Gasteiger partial charge in [-0.05, 0) is 67.6 Å². The van der Waals surface area contributed by atoms with Crippen LogP contribution in [0.4, 0.5) is 0 Å². The van der Waals surface area contributed by atoms with E-state index in [-0.39, 0.29) is 5.91 Å². The zero-order valence-corrected chi connectivity index (χ0v) is 19.6. The Bertz CT molecular complexity index is 1070. The number of methoxy groups -OCH3 is 1. The van der Waals surface area contributed by atoms with Crippen LogP contribution in [0.1, 0.15) is 30.9 Å². The van der Waals surface area contributed by atoms with Crippen LogP contribution in [-0.4, -0.2) is 42.5 Å². The summed E-state index contributed by atoms with van der Waals surface area (Å²) in [6, 6.07) is 20.7. The number of hydrogen-bond acceptors (Lipinski definition) is 4. The summed E-state index contributed by atoms with van der Waals surface area (Å²) in [5, 5.41) is 3.14. The number of nitrogens with zero attached hydrogens (tertiary/aromatic N) is 2. The molecule has 2 aromatic carbocycles. The predicted molar refractivity (Wildman–Crippen MR) is 132 cm³/mol. The van der Waals surface area contributed by atoms with Crippen molar-refractivity contribution in [3.63, 3.8) is 0 Å². The van der Waals surface area contributed by atoms with E-state index in [9.17, 15) is 4.79 Å². The van der Waals surface area contributed by atoms with Crippen molar-refractivity contribution in [2.45, 2.75) is 32.7 Å². The molecule has 33 heavy (non-hydrogen) atoms. The topological polar surface area (TPSA) is 54.5 Å². The third kappa shape index (κ3) is 5.42. The number of rotatable bonds is 8. The maximum atomic E-state index is 13.5. The van der Waals surface area contributed by atoms with E-state index in [0.29, 0.717) is 13.0 Å². The molecule has 1 fully saturated rings. The van der Waals surface area contributed by atoms with E-state index < -0.39 is 5.41 Å². The lowest BCUT2D eigenvalue weighted by atomic mass is 9.73. The number of amides is 1. The number of ether oxygens (including phenoxy) is 1. The number of carbonyl (C=O) groups excluding carboxylic acids is 1. The molecule has 1 amide bonds. The maximum absolute atomic E-state index is 13.5. The molecule has 1 aliphatic heterocycles. The Labute approximate surface area is 196 Å². The summed E-state index contributed by atoms with van der Waals surface area (Å²) < 4.78 is 5.40. The Hall–Kier alpha value is -3.18. The van der Waals surface area contributed by atoms with Gasteiger partial charge in [-0.2, -0.15) is 0 Å². The van der Waals surface area contributed by atoms with Gasteiger partial charge in [0.25, 0.3) is 0 Å². The third-order valence-corrected chi connectivity index (χ3v) is 6.53. The van der Waals surface area contributed by atoms with Gasteiger partial charge in [0.2, 0.25) is 5.91 Å². The molecule has 1 saturated heterocycles. The number of piperidine rings is 1. The molecule has 1 aromatic heterocycles. The van der Waals surface area contributed by atoms with Gasteiger partial charge in [0.15, 0.2) is 0 Å². The number of nitrogens with one attached hydrogen (secondary N) is 1. The second kappa shape index (κ2) is 10.6. The molecule has 5 heteroatoms. The summed E-state index contributed by atoms with van der Waals surface area (Å²) in [7, 11) is 1.69. The Morgan fingerprint density at radius 2 is 2.03 bits per heavy atom. The van der Waals surface area contributed by atoms with Gasteiger partial charge in [-0.25, -0.2) is 0 Å². The normalized spacial score (nSPS) is 18.6. The van der Waals surface area contributed by atoms with Gasteiger partial charge < -0.3 is 10.1 Å². The van der Waals surface area contributed by atoms with E-state index in [1.54, 1.807) is 13.3 Å². The number of benzene rings is 2. The van der Waals surface area contributed by atoms with E-state index in [1.165, 1.54) is 11.1 Å². The van der Waals surface area contributed by atoms with E-state index in [2.05, 4.69) is 57.7 Å². The highest BCUT2D eigenvalue weighted by Gasteiger charge is 2.42. The molecule has 2 heterocycles. The fourth-order valence-corrected chi connectivity index (χ4v) is 4.99. The first kappa shape index (κ1) is 23.0. The highest BCUT2D eigenvalue weighted by Crippen LogP contribution is 2.37. The van der Waals surface area contributed by atoms with Gasteiger partial charge in [-0.15, -0.1) is 0 Å². The number of carbonyl (C=O) groups is 1. The minimum absolute atomic E-state index is 0.154. The van der Waals surface area contributed by atoms with Crippen LogP contribution in [0.25, 0.3) is 11.1 Å². The number of likely N-dealkylation sites (tertiary alicyclic amines) is 1. The minimum Gasteiger partial charge on any atom is -0.497 e. The molecule has 5 nitrogen and oxygen atoms in total. The first-order chi connectivity index (χ1) is 16.1. The minimum atomic E-state index is -0.467. The van der Waals surface area contributed by atoms with Crippen LogP contribution in [0.15, 0.2) is 73.1 Å². The van der Waals surface area contributed by atoms with Gasteiger partial charge in [-0.3, -0.25) is 14.7 Å². The monoisotopic (exact) mass is 443 g/mol. The quantitative estimate of drug-likeness (QED) is 0.547. The van der Waals surface area contributed by atoms with E-state index in [4.69, 9.17) is 4.74 Å². The average molecular weight is 444 g/mol. The van der Waals surface area contributed by atoms with Gasteiger partial charge >= 0.3 is 0 Å². The van der Waals surface area contributed by atoms with E-state index >= 15 is 0 Å². The van der Waals surface area contributed by atoms with Crippen LogP contribution in [0, 0.1) is 5.41 Å². The Morgan fingerprint density at radius 1 is 1.15 bits per heavy atom. The second-order valence-corrected chi connectivity index (χ2v) is 8.88. The highest BCUT2D eigenvalue weighted by atomic mass is 16.5. The smallest absolute Gasteiger partial charge is 0.227 e. The van der Waals surface area contributed by atoms with Crippen molar-refractivity contribution < 1.29 is 9.53 Å². The Morgan fingerprint density at radius 3 is 2.82 bits per heavy atom. The first-order valence-corrected chi connectivity index (χ1v) is 11.8. The molecule has 1 atom stereocenters. The molecule has 1 N–H and O–H groups in total. The van der Waals surface area contributed by atoms with Gasteiger partial charge in [0.1, 0.15) is 5.75 Å². The molecule has 1 aliphatic rings. The third-order valence-electron chi connectivity index (χ3n) is 6.53. The van der Waals surface area contributed by atoms with Crippen molar-refractivity contribution in [2.75, 3.05) is 26.7 Å². The van der Waals surface area contributed by atoms with Crippen molar-refractivity contribution in [1.82, 2.24) is 15.2 Å². The number of aromatic nitrogens is 1. The highest BCUT2D eigenvalue weighted by molar-refractivity contribution is 5.84. The largest absolute Gasteiger partial charge is 0.497 e. The van der Waals surface area contributed by atoms with Crippen molar-refractivity contribution >= 4 is 5.91 Å². The zero-order valence-electron chi connectivity index (χ0n) is 19.6. The first-order valence-electron chi connectivity index (χ1n) is 11.8. The summed E-state index contributed by atoms with van der Waals surface area (Å²) in [5.74, 6) is 1.02. The average Bonchev–Trinajstić information content (AvgIpc) is 2.85. The molecule has 3 aromatic rings. The molecule has 0 radical (unpaired) electrons. The lowest BCUT2D eigenvalue weighted by Gasteiger charge is -2.42. The SMILES string of the molecule is CCNC(=O)C1(Cc2ccccc2-c2cccnc2)CCCN(Cc2cccc(OC)c2)C1. The summed E-state index contributed by atoms with van der Waals surface area (Å²) in [5.41, 5.74) is 4.17. The molecular formula is C28H33N3O2. The summed E-state index contributed by atoms with van der Waals surface area (Å²) >= 11 is 0. The molecule has 172 valence electrons. The molecule has 4 rings (SSSR count). The van der Waals surface area contributed by atoms with Gasteiger partial charge in [-0.1, -0.05) is 42.5 Å². The number of hydrogen-bond donors (Lipinski definition) is 1. The van der Waals surface area contributed by atoms with Crippen LogP contribution < -0.4 is 10.1 Å². The number of pyridine rings is 1. The predicted octanol–water partition coefficient (Wildman–Crippen LogP) is 4.72. The molecule has 0 bridgehead atoms. The van der Waals surface area contributed by atoms with Gasteiger partial charge in [0.05, 0.1) is 12.5 Å². The van der Waals surface area contributed by atoms with Crippen molar-refractivity contribution in [2.24, 2.45) is 5.41 Å².